The molecule has 0 spiro atoms. The Morgan fingerprint density at radius 3 is 2.50 bits per heavy atom. The molecule has 0 unspecified atom stereocenters. The third-order valence-electron chi connectivity index (χ3n) is 4.33. The molecule has 32 heavy (non-hydrogen) atoms. The molecule has 0 aliphatic carbocycles. The molecular formula is C21H18ClN3O7. The van der Waals surface area contributed by atoms with Gasteiger partial charge in [-0.05, 0) is 43.7 Å². The molecule has 11 heteroatoms. The summed E-state index contributed by atoms with van der Waals surface area (Å²) in [6.45, 7) is 4.23. The maximum Gasteiger partial charge on any atom is 0.335 e. The third kappa shape index (κ3) is 4.54. The first kappa shape index (κ1) is 22.8. The number of hydrogen-bond acceptors (Lipinski definition) is 7. The van der Waals surface area contributed by atoms with Crippen LogP contribution in [0.5, 0.6) is 11.5 Å². The predicted molar refractivity (Wildman–Crippen MR) is 116 cm³/mol. The standard InChI is InChI=1S/C21H18ClN3O7/c1-3-31-17-10-12(9-16(22)18(17)32-4-2)8-15-19(26)23-21(28)24(20(15)27)13-6-5-7-14(11-13)25(29)30/h5-11H,3-4H2,1-2H3,(H,23,26,28)/b15-8+. The molecule has 1 heterocycles. The Bertz CT molecular complexity index is 1150. The highest BCUT2D eigenvalue weighted by Crippen LogP contribution is 2.37. The van der Waals surface area contributed by atoms with E-state index in [1.807, 2.05) is 0 Å². The molecule has 0 radical (unpaired) electrons. The first-order chi connectivity index (χ1) is 15.3. The number of carbonyl (C=O) groups excluding carboxylic acids is 3. The summed E-state index contributed by atoms with van der Waals surface area (Å²) in [7, 11) is 0. The lowest BCUT2D eigenvalue weighted by atomic mass is 10.1. The van der Waals surface area contributed by atoms with Gasteiger partial charge in [-0.15, -0.1) is 0 Å². The van der Waals surface area contributed by atoms with Crippen LogP contribution in [0, 0.1) is 10.1 Å². The fourth-order valence-electron chi connectivity index (χ4n) is 3.02. The molecule has 1 N–H and O–H groups in total. The summed E-state index contributed by atoms with van der Waals surface area (Å²) in [5.41, 5.74) is -0.377. The van der Waals surface area contributed by atoms with Gasteiger partial charge in [0, 0.05) is 12.1 Å². The zero-order valence-corrected chi connectivity index (χ0v) is 17.8. The number of nitrogens with zero attached hydrogens (tertiary/aromatic N) is 2. The predicted octanol–water partition coefficient (Wildman–Crippen LogP) is 3.71. The second kappa shape index (κ2) is 9.48. The third-order valence-corrected chi connectivity index (χ3v) is 4.61. The van der Waals surface area contributed by atoms with Crippen molar-refractivity contribution in [3.8, 4) is 11.5 Å². The van der Waals surface area contributed by atoms with Crippen molar-refractivity contribution in [2.75, 3.05) is 18.1 Å². The molecule has 1 fully saturated rings. The molecule has 1 aliphatic rings. The summed E-state index contributed by atoms with van der Waals surface area (Å²) in [5.74, 6) is -1.21. The van der Waals surface area contributed by atoms with Gasteiger partial charge in [0.2, 0.25) is 0 Å². The monoisotopic (exact) mass is 459 g/mol. The molecular weight excluding hydrogens is 442 g/mol. The van der Waals surface area contributed by atoms with E-state index in [9.17, 15) is 24.5 Å². The van der Waals surface area contributed by atoms with Gasteiger partial charge < -0.3 is 9.47 Å². The first-order valence-electron chi connectivity index (χ1n) is 9.51. The van der Waals surface area contributed by atoms with E-state index in [1.54, 1.807) is 19.9 Å². The summed E-state index contributed by atoms with van der Waals surface area (Å²) in [4.78, 5) is 48.8. The van der Waals surface area contributed by atoms with Gasteiger partial charge in [0.05, 0.1) is 28.8 Å². The molecule has 1 saturated heterocycles. The SMILES string of the molecule is CCOc1cc(/C=C2\C(=O)NC(=O)N(c3cccc([N+](=O)[O-])c3)C2=O)cc(Cl)c1OCC. The van der Waals surface area contributed by atoms with E-state index in [0.29, 0.717) is 35.2 Å². The maximum absolute atomic E-state index is 13.0. The van der Waals surface area contributed by atoms with Crippen LogP contribution in [0.3, 0.4) is 0 Å². The van der Waals surface area contributed by atoms with Crippen LogP contribution in [-0.4, -0.2) is 36.0 Å². The van der Waals surface area contributed by atoms with Gasteiger partial charge in [-0.1, -0.05) is 17.7 Å². The topological polar surface area (TPSA) is 128 Å². The smallest absolute Gasteiger partial charge is 0.335 e. The maximum atomic E-state index is 13.0. The van der Waals surface area contributed by atoms with Gasteiger partial charge in [0.25, 0.3) is 17.5 Å². The van der Waals surface area contributed by atoms with Gasteiger partial charge in [-0.3, -0.25) is 25.0 Å². The van der Waals surface area contributed by atoms with Gasteiger partial charge >= 0.3 is 6.03 Å². The van der Waals surface area contributed by atoms with E-state index in [4.69, 9.17) is 21.1 Å². The van der Waals surface area contributed by atoms with Gasteiger partial charge in [0.1, 0.15) is 5.57 Å². The molecule has 10 nitrogen and oxygen atoms in total. The van der Waals surface area contributed by atoms with E-state index >= 15 is 0 Å². The van der Waals surface area contributed by atoms with Crippen LogP contribution in [0.15, 0.2) is 42.0 Å². The number of nitro benzene ring substituents is 1. The Kier molecular flexibility index (Phi) is 6.74. The fourth-order valence-corrected chi connectivity index (χ4v) is 3.30. The molecule has 166 valence electrons. The van der Waals surface area contributed by atoms with Crippen molar-refractivity contribution in [1.82, 2.24) is 5.32 Å². The van der Waals surface area contributed by atoms with Crippen molar-refractivity contribution in [3.05, 3.63) is 62.7 Å². The second-order valence-electron chi connectivity index (χ2n) is 6.43. The second-order valence-corrected chi connectivity index (χ2v) is 6.84. The van der Waals surface area contributed by atoms with Crippen LogP contribution in [0.4, 0.5) is 16.2 Å². The summed E-state index contributed by atoms with van der Waals surface area (Å²) in [5, 5.41) is 13.3. The van der Waals surface area contributed by atoms with Crippen molar-refractivity contribution in [2.45, 2.75) is 13.8 Å². The Balaban J connectivity index is 2.04. The highest BCUT2D eigenvalue weighted by atomic mass is 35.5. The Morgan fingerprint density at radius 1 is 1.12 bits per heavy atom. The molecule has 2 aromatic rings. The van der Waals surface area contributed by atoms with Gasteiger partial charge in [0.15, 0.2) is 11.5 Å². The number of barbiturate groups is 1. The average molecular weight is 460 g/mol. The first-order valence-corrected chi connectivity index (χ1v) is 9.89. The van der Waals surface area contributed by atoms with Crippen molar-refractivity contribution in [2.24, 2.45) is 0 Å². The van der Waals surface area contributed by atoms with E-state index in [2.05, 4.69) is 5.32 Å². The Labute approximate surface area is 187 Å². The molecule has 3 rings (SSSR count). The van der Waals surface area contributed by atoms with Crippen LogP contribution in [0.1, 0.15) is 19.4 Å². The fraction of sp³-hybridized carbons (Fsp3) is 0.190. The minimum absolute atomic E-state index is 0.0557. The van der Waals surface area contributed by atoms with Crippen molar-refractivity contribution in [3.63, 3.8) is 0 Å². The lowest BCUT2D eigenvalue weighted by Crippen LogP contribution is -2.54. The van der Waals surface area contributed by atoms with E-state index in [1.165, 1.54) is 30.3 Å². The molecule has 0 atom stereocenters. The largest absolute Gasteiger partial charge is 0.490 e. The molecule has 1 aliphatic heterocycles. The van der Waals surface area contributed by atoms with E-state index in [0.717, 1.165) is 6.07 Å². The van der Waals surface area contributed by atoms with E-state index < -0.39 is 22.8 Å². The van der Waals surface area contributed by atoms with Crippen LogP contribution < -0.4 is 19.7 Å². The highest BCUT2D eigenvalue weighted by molar-refractivity contribution is 6.39. The summed E-state index contributed by atoms with van der Waals surface area (Å²) >= 11 is 6.29. The average Bonchev–Trinajstić information content (AvgIpc) is 2.74. The number of nitro groups is 1. The minimum Gasteiger partial charge on any atom is -0.490 e. The van der Waals surface area contributed by atoms with Crippen LogP contribution in [-0.2, 0) is 9.59 Å². The number of ether oxygens (including phenoxy) is 2. The molecule has 4 amide bonds. The van der Waals surface area contributed by atoms with Crippen molar-refractivity contribution in [1.29, 1.82) is 0 Å². The van der Waals surface area contributed by atoms with Gasteiger partial charge in [-0.25, -0.2) is 9.69 Å². The van der Waals surface area contributed by atoms with E-state index in [-0.39, 0.29) is 22.0 Å². The molecule has 0 bridgehead atoms. The number of hydrogen-bond donors (Lipinski definition) is 1. The number of anilines is 1. The number of halogens is 1. The number of carbonyl (C=O) groups is 3. The molecule has 2 aromatic carbocycles. The Hall–Kier alpha value is -3.92. The summed E-state index contributed by atoms with van der Waals surface area (Å²) in [6.07, 6.45) is 1.25. The zero-order chi connectivity index (χ0) is 23.4. The minimum atomic E-state index is -1.02. The number of rotatable bonds is 7. The van der Waals surface area contributed by atoms with Crippen LogP contribution in [0.25, 0.3) is 6.08 Å². The van der Waals surface area contributed by atoms with Crippen LogP contribution in [0.2, 0.25) is 5.02 Å². The number of nitrogens with one attached hydrogen (secondary N) is 1. The number of benzene rings is 2. The highest BCUT2D eigenvalue weighted by Gasteiger charge is 2.37. The normalized spacial score (nSPS) is 15.0. The van der Waals surface area contributed by atoms with Crippen molar-refractivity contribution >= 4 is 46.9 Å². The lowest BCUT2D eigenvalue weighted by Gasteiger charge is -2.26. The van der Waals surface area contributed by atoms with Gasteiger partial charge in [-0.2, -0.15) is 0 Å². The Morgan fingerprint density at radius 2 is 1.84 bits per heavy atom. The number of urea groups is 1. The number of amides is 4. The molecule has 0 saturated carbocycles. The molecule has 0 aromatic heterocycles. The lowest BCUT2D eigenvalue weighted by molar-refractivity contribution is -0.384. The number of non-ortho nitro benzene ring substituents is 1. The summed E-state index contributed by atoms with van der Waals surface area (Å²) < 4.78 is 11.0. The summed E-state index contributed by atoms with van der Waals surface area (Å²) in [6, 6.07) is 6.96. The zero-order valence-electron chi connectivity index (χ0n) is 17.1. The quantitative estimate of drug-likeness (QED) is 0.289. The van der Waals surface area contributed by atoms with Crippen molar-refractivity contribution < 1.29 is 28.8 Å². The number of imide groups is 2. The van der Waals surface area contributed by atoms with Crippen LogP contribution >= 0.6 is 11.6 Å².